The van der Waals surface area contributed by atoms with Gasteiger partial charge in [0.2, 0.25) is 0 Å². The van der Waals surface area contributed by atoms with Crippen LogP contribution in [0.25, 0.3) is 0 Å². The summed E-state index contributed by atoms with van der Waals surface area (Å²) in [6, 6.07) is 6.60. The van der Waals surface area contributed by atoms with Crippen LogP contribution in [-0.2, 0) is 13.6 Å². The number of guanidine groups is 1. The maximum atomic E-state index is 13.0. The largest absolute Gasteiger partial charge is 0.370 e. The van der Waals surface area contributed by atoms with Crippen LogP contribution in [0.4, 0.5) is 10.1 Å². The van der Waals surface area contributed by atoms with Crippen molar-refractivity contribution in [1.29, 1.82) is 0 Å². The number of hydrogen-bond donors (Lipinski definition) is 1. The van der Waals surface area contributed by atoms with Crippen molar-refractivity contribution in [3.8, 4) is 0 Å². The maximum absolute atomic E-state index is 13.0. The first kappa shape index (κ1) is 15.3. The van der Waals surface area contributed by atoms with Crippen molar-refractivity contribution in [2.24, 2.45) is 17.8 Å². The fourth-order valence-corrected chi connectivity index (χ4v) is 2.64. The second-order valence-electron chi connectivity index (χ2n) is 5.62. The minimum absolute atomic E-state index is 0.209. The van der Waals surface area contributed by atoms with Gasteiger partial charge in [0.15, 0.2) is 5.96 Å². The Bertz CT molecular complexity index is 670. The predicted octanol–water partition coefficient (Wildman–Crippen LogP) is 1.20. The summed E-state index contributed by atoms with van der Waals surface area (Å²) in [7, 11) is 1.94. The Balaban J connectivity index is 1.55. The van der Waals surface area contributed by atoms with Crippen molar-refractivity contribution in [1.82, 2.24) is 14.5 Å². The smallest absolute Gasteiger partial charge is 0.191 e. The van der Waals surface area contributed by atoms with Crippen LogP contribution in [0.15, 0.2) is 41.8 Å². The molecule has 0 unspecified atom stereocenters. The first-order chi connectivity index (χ1) is 11.1. The minimum Gasteiger partial charge on any atom is -0.370 e. The molecule has 0 aliphatic carbocycles. The molecule has 0 bridgehead atoms. The number of nitrogens with zero attached hydrogens (tertiary/aromatic N) is 5. The number of aryl methyl sites for hydroxylation is 1. The standard InChI is InChI=1S/C16H21FN6/c1-21-12-19-10-15(21)11-20-16(18)23-8-6-22(7-9-23)14-4-2-13(17)3-5-14/h2-5,10,12H,6-9,11H2,1H3,(H2,18,20). The first-order valence-corrected chi connectivity index (χ1v) is 7.64. The highest BCUT2D eigenvalue weighted by Crippen LogP contribution is 2.16. The van der Waals surface area contributed by atoms with Crippen LogP contribution in [0.3, 0.4) is 0 Å². The molecule has 1 aliphatic heterocycles. The van der Waals surface area contributed by atoms with Crippen molar-refractivity contribution in [3.63, 3.8) is 0 Å². The van der Waals surface area contributed by atoms with Gasteiger partial charge in [0.1, 0.15) is 5.82 Å². The summed E-state index contributed by atoms with van der Waals surface area (Å²) in [6.45, 7) is 3.82. The highest BCUT2D eigenvalue weighted by molar-refractivity contribution is 5.78. The van der Waals surface area contributed by atoms with Gasteiger partial charge in [-0.25, -0.2) is 14.4 Å². The lowest BCUT2D eigenvalue weighted by Crippen LogP contribution is -2.51. The van der Waals surface area contributed by atoms with E-state index < -0.39 is 0 Å². The second-order valence-corrected chi connectivity index (χ2v) is 5.62. The molecule has 3 rings (SSSR count). The van der Waals surface area contributed by atoms with Crippen molar-refractivity contribution in [2.75, 3.05) is 31.1 Å². The van der Waals surface area contributed by atoms with Crippen LogP contribution < -0.4 is 10.6 Å². The van der Waals surface area contributed by atoms with E-state index in [0.717, 1.165) is 37.6 Å². The zero-order valence-corrected chi connectivity index (χ0v) is 13.2. The first-order valence-electron chi connectivity index (χ1n) is 7.64. The topological polar surface area (TPSA) is 62.7 Å². The molecule has 2 N–H and O–H groups in total. The van der Waals surface area contributed by atoms with Gasteiger partial charge >= 0.3 is 0 Å². The number of rotatable bonds is 3. The normalized spacial score (nSPS) is 16.0. The number of aliphatic imine (C=N–C) groups is 1. The highest BCUT2D eigenvalue weighted by Gasteiger charge is 2.18. The molecule has 0 amide bonds. The third kappa shape index (κ3) is 3.61. The lowest BCUT2D eigenvalue weighted by molar-refractivity contribution is 0.380. The molecule has 0 atom stereocenters. The summed E-state index contributed by atoms with van der Waals surface area (Å²) < 4.78 is 14.9. The monoisotopic (exact) mass is 316 g/mol. The maximum Gasteiger partial charge on any atom is 0.191 e. The molecule has 0 spiro atoms. The van der Waals surface area contributed by atoms with Crippen molar-refractivity contribution >= 4 is 11.6 Å². The SMILES string of the molecule is Cn1cncc1CN=C(N)N1CCN(c2ccc(F)cc2)CC1. The molecule has 1 aromatic carbocycles. The Hall–Kier alpha value is -2.57. The minimum atomic E-state index is -0.209. The third-order valence-electron chi connectivity index (χ3n) is 4.11. The lowest BCUT2D eigenvalue weighted by atomic mass is 10.2. The van der Waals surface area contributed by atoms with Gasteiger partial charge in [-0.3, -0.25) is 0 Å². The predicted molar refractivity (Wildman–Crippen MR) is 88.7 cm³/mol. The molecule has 7 heteroatoms. The number of imidazole rings is 1. The van der Waals surface area contributed by atoms with E-state index in [2.05, 4.69) is 19.8 Å². The number of hydrogen-bond acceptors (Lipinski definition) is 3. The number of benzene rings is 1. The van der Waals surface area contributed by atoms with E-state index in [4.69, 9.17) is 5.73 Å². The average Bonchev–Trinajstić information content (AvgIpc) is 2.99. The molecule has 1 fully saturated rings. The third-order valence-corrected chi connectivity index (χ3v) is 4.11. The quantitative estimate of drug-likeness (QED) is 0.683. The van der Waals surface area contributed by atoms with E-state index in [1.165, 1.54) is 12.1 Å². The Morgan fingerprint density at radius 1 is 1.22 bits per heavy atom. The molecule has 1 aliphatic rings. The Labute approximate surface area is 135 Å². The van der Waals surface area contributed by atoms with Crippen molar-refractivity contribution in [2.45, 2.75) is 6.54 Å². The molecule has 2 heterocycles. The van der Waals surface area contributed by atoms with Gasteiger partial charge in [-0.2, -0.15) is 0 Å². The molecule has 6 nitrogen and oxygen atoms in total. The van der Waals surface area contributed by atoms with Crippen LogP contribution >= 0.6 is 0 Å². The van der Waals surface area contributed by atoms with Gasteiger partial charge in [0.25, 0.3) is 0 Å². The Kier molecular flexibility index (Phi) is 4.45. The Morgan fingerprint density at radius 2 is 1.91 bits per heavy atom. The number of anilines is 1. The van der Waals surface area contributed by atoms with Gasteiger partial charge in [-0.15, -0.1) is 0 Å². The van der Waals surface area contributed by atoms with Gasteiger partial charge in [0, 0.05) is 38.9 Å². The van der Waals surface area contributed by atoms with E-state index in [0.29, 0.717) is 12.5 Å². The lowest BCUT2D eigenvalue weighted by Gasteiger charge is -2.36. The van der Waals surface area contributed by atoms with Crippen molar-refractivity contribution in [3.05, 3.63) is 48.3 Å². The summed E-state index contributed by atoms with van der Waals surface area (Å²) in [5, 5.41) is 0. The summed E-state index contributed by atoms with van der Waals surface area (Å²) >= 11 is 0. The second kappa shape index (κ2) is 6.68. The molecule has 1 aromatic heterocycles. The van der Waals surface area contributed by atoms with E-state index in [9.17, 15) is 4.39 Å². The number of aromatic nitrogens is 2. The summed E-state index contributed by atoms with van der Waals surface area (Å²) in [5.74, 6) is 0.351. The molecular formula is C16H21FN6. The molecular weight excluding hydrogens is 295 g/mol. The molecule has 0 saturated carbocycles. The van der Waals surface area contributed by atoms with Gasteiger partial charge in [-0.1, -0.05) is 0 Å². The van der Waals surface area contributed by atoms with Crippen LogP contribution in [-0.4, -0.2) is 46.6 Å². The van der Waals surface area contributed by atoms with Crippen LogP contribution in [0.5, 0.6) is 0 Å². The van der Waals surface area contributed by atoms with Crippen molar-refractivity contribution < 1.29 is 4.39 Å². The summed E-state index contributed by atoms with van der Waals surface area (Å²) in [4.78, 5) is 12.8. The summed E-state index contributed by atoms with van der Waals surface area (Å²) in [6.07, 6.45) is 3.55. The van der Waals surface area contributed by atoms with Gasteiger partial charge in [0.05, 0.1) is 24.8 Å². The van der Waals surface area contributed by atoms with E-state index in [1.807, 2.05) is 23.7 Å². The number of nitrogens with two attached hydrogens (primary N) is 1. The Morgan fingerprint density at radius 3 is 2.52 bits per heavy atom. The average molecular weight is 316 g/mol. The van der Waals surface area contributed by atoms with E-state index >= 15 is 0 Å². The van der Waals surface area contributed by atoms with Gasteiger partial charge in [-0.05, 0) is 24.3 Å². The molecule has 1 saturated heterocycles. The number of piperazine rings is 1. The summed E-state index contributed by atoms with van der Waals surface area (Å²) in [5.41, 5.74) is 8.16. The zero-order chi connectivity index (χ0) is 16.2. The molecule has 0 radical (unpaired) electrons. The molecule has 23 heavy (non-hydrogen) atoms. The van der Waals surface area contributed by atoms with E-state index in [1.54, 1.807) is 12.5 Å². The molecule has 2 aromatic rings. The van der Waals surface area contributed by atoms with Crippen LogP contribution in [0.1, 0.15) is 5.69 Å². The molecule has 122 valence electrons. The fourth-order valence-electron chi connectivity index (χ4n) is 2.64. The zero-order valence-electron chi connectivity index (χ0n) is 13.2. The van der Waals surface area contributed by atoms with Crippen LogP contribution in [0, 0.1) is 5.82 Å². The van der Waals surface area contributed by atoms with Crippen LogP contribution in [0.2, 0.25) is 0 Å². The van der Waals surface area contributed by atoms with Gasteiger partial charge < -0.3 is 20.1 Å². The highest BCUT2D eigenvalue weighted by atomic mass is 19.1. The fraction of sp³-hybridized carbons (Fsp3) is 0.375. The van der Waals surface area contributed by atoms with E-state index in [-0.39, 0.29) is 5.82 Å². The number of halogens is 1.